The molecule has 0 amide bonds. The number of hydrogen-bond donors (Lipinski definition) is 1. The first kappa shape index (κ1) is 14.5. The van der Waals surface area contributed by atoms with Crippen LogP contribution in [0.3, 0.4) is 0 Å². The number of carbonyl (C=O) groups is 1. The molecule has 0 saturated heterocycles. The lowest BCUT2D eigenvalue weighted by atomic mass is 10.1. The summed E-state index contributed by atoms with van der Waals surface area (Å²) in [6.45, 7) is 6.30. The van der Waals surface area contributed by atoms with Gasteiger partial charge in [0.15, 0.2) is 0 Å². The van der Waals surface area contributed by atoms with Crippen LogP contribution in [0.1, 0.15) is 55.0 Å². The van der Waals surface area contributed by atoms with Crippen LogP contribution >= 0.6 is 11.3 Å². The van der Waals surface area contributed by atoms with Crippen LogP contribution in [0.4, 0.5) is 0 Å². The van der Waals surface area contributed by atoms with Crippen molar-refractivity contribution in [2.24, 2.45) is 5.92 Å². The molecule has 2 rings (SSSR count). The lowest BCUT2D eigenvalue weighted by Gasteiger charge is -2.29. The maximum atomic E-state index is 10.9. The van der Waals surface area contributed by atoms with Crippen LogP contribution in [-0.2, 0) is 6.54 Å². The number of aromatic carboxylic acids is 1. The highest BCUT2D eigenvalue weighted by Crippen LogP contribution is 2.26. The Morgan fingerprint density at radius 1 is 1.53 bits per heavy atom. The lowest BCUT2D eigenvalue weighted by Crippen LogP contribution is -2.35. The minimum Gasteiger partial charge on any atom is -0.476 e. The van der Waals surface area contributed by atoms with Gasteiger partial charge in [0, 0.05) is 24.5 Å². The summed E-state index contributed by atoms with van der Waals surface area (Å²) in [6, 6.07) is 0.650. The van der Waals surface area contributed by atoms with E-state index in [0.717, 1.165) is 18.8 Å². The quantitative estimate of drug-likeness (QED) is 0.870. The fourth-order valence-electron chi connectivity index (χ4n) is 2.77. The highest BCUT2D eigenvalue weighted by atomic mass is 32.1. The van der Waals surface area contributed by atoms with Crippen molar-refractivity contribution >= 4 is 17.3 Å². The summed E-state index contributed by atoms with van der Waals surface area (Å²) in [4.78, 5) is 17.6. The number of aromatic nitrogens is 1. The predicted molar refractivity (Wildman–Crippen MR) is 76.6 cm³/mol. The average Bonchev–Trinajstić information content (AvgIpc) is 2.98. The van der Waals surface area contributed by atoms with Gasteiger partial charge in [-0.3, -0.25) is 4.90 Å². The van der Waals surface area contributed by atoms with Crippen LogP contribution in [0.5, 0.6) is 0 Å². The molecule has 1 saturated carbocycles. The molecule has 0 atom stereocenters. The third-order valence-corrected chi connectivity index (χ3v) is 4.42. The SMILES string of the molecule is CC(C)CN(Cc1csc(C(=O)O)n1)C1CCCC1. The van der Waals surface area contributed by atoms with Crippen LogP contribution in [0.25, 0.3) is 0 Å². The topological polar surface area (TPSA) is 53.4 Å². The molecule has 1 aromatic rings. The number of carboxylic acid groups (broad SMARTS) is 1. The summed E-state index contributed by atoms with van der Waals surface area (Å²) in [6.07, 6.45) is 5.17. The number of thiazole rings is 1. The molecule has 1 heterocycles. The maximum Gasteiger partial charge on any atom is 0.365 e. The Morgan fingerprint density at radius 2 is 2.21 bits per heavy atom. The molecule has 0 radical (unpaired) electrons. The van der Waals surface area contributed by atoms with Crippen LogP contribution in [0.2, 0.25) is 0 Å². The van der Waals surface area contributed by atoms with E-state index in [1.807, 2.05) is 5.38 Å². The molecule has 1 aromatic heterocycles. The van der Waals surface area contributed by atoms with E-state index in [0.29, 0.717) is 12.0 Å². The molecule has 19 heavy (non-hydrogen) atoms. The summed E-state index contributed by atoms with van der Waals surface area (Å²) in [5, 5.41) is 11.0. The van der Waals surface area contributed by atoms with Crippen molar-refractivity contribution in [2.45, 2.75) is 52.1 Å². The van der Waals surface area contributed by atoms with E-state index in [4.69, 9.17) is 5.11 Å². The molecule has 1 fully saturated rings. The first-order chi connectivity index (χ1) is 9.06. The van der Waals surface area contributed by atoms with Crippen molar-refractivity contribution < 1.29 is 9.90 Å². The van der Waals surface area contributed by atoms with E-state index in [1.165, 1.54) is 37.0 Å². The Kier molecular flexibility index (Phi) is 4.93. The third-order valence-electron chi connectivity index (χ3n) is 3.54. The monoisotopic (exact) mass is 282 g/mol. The molecule has 5 heteroatoms. The van der Waals surface area contributed by atoms with E-state index in [9.17, 15) is 4.79 Å². The Hall–Kier alpha value is -0.940. The normalized spacial score (nSPS) is 16.6. The molecule has 0 aromatic carbocycles. The zero-order chi connectivity index (χ0) is 13.8. The minimum atomic E-state index is -0.924. The molecule has 106 valence electrons. The summed E-state index contributed by atoms with van der Waals surface area (Å²) in [5.74, 6) is -0.300. The van der Waals surface area contributed by atoms with Crippen LogP contribution in [0, 0.1) is 5.92 Å². The van der Waals surface area contributed by atoms with E-state index in [-0.39, 0.29) is 5.01 Å². The highest BCUT2D eigenvalue weighted by Gasteiger charge is 2.24. The van der Waals surface area contributed by atoms with Gasteiger partial charge in [0.2, 0.25) is 5.01 Å². The summed E-state index contributed by atoms with van der Waals surface area (Å²) in [5.41, 5.74) is 0.898. The van der Waals surface area contributed by atoms with E-state index < -0.39 is 5.97 Å². The summed E-state index contributed by atoms with van der Waals surface area (Å²) in [7, 11) is 0. The van der Waals surface area contributed by atoms with Crippen molar-refractivity contribution in [3.8, 4) is 0 Å². The Labute approximate surface area is 118 Å². The van der Waals surface area contributed by atoms with Gasteiger partial charge in [-0.2, -0.15) is 0 Å². The molecule has 0 spiro atoms. The average molecular weight is 282 g/mol. The molecule has 0 bridgehead atoms. The zero-order valence-electron chi connectivity index (χ0n) is 11.6. The fraction of sp³-hybridized carbons (Fsp3) is 0.714. The van der Waals surface area contributed by atoms with E-state index in [2.05, 4.69) is 23.7 Å². The maximum absolute atomic E-state index is 10.9. The van der Waals surface area contributed by atoms with Crippen molar-refractivity contribution in [1.82, 2.24) is 9.88 Å². The van der Waals surface area contributed by atoms with E-state index >= 15 is 0 Å². The highest BCUT2D eigenvalue weighted by molar-refractivity contribution is 7.11. The molecule has 1 N–H and O–H groups in total. The van der Waals surface area contributed by atoms with Gasteiger partial charge in [0.25, 0.3) is 0 Å². The van der Waals surface area contributed by atoms with Crippen molar-refractivity contribution in [3.05, 3.63) is 16.1 Å². The molecule has 1 aliphatic carbocycles. The number of carboxylic acids is 1. The van der Waals surface area contributed by atoms with Crippen molar-refractivity contribution in [3.63, 3.8) is 0 Å². The Balaban J connectivity index is 2.03. The lowest BCUT2D eigenvalue weighted by molar-refractivity contribution is 0.0696. The first-order valence-electron chi connectivity index (χ1n) is 6.98. The van der Waals surface area contributed by atoms with Gasteiger partial charge < -0.3 is 5.11 Å². The summed E-state index contributed by atoms with van der Waals surface area (Å²) < 4.78 is 0. The molecule has 0 unspecified atom stereocenters. The molecule has 1 aliphatic rings. The molecule has 0 aliphatic heterocycles. The van der Waals surface area contributed by atoms with Gasteiger partial charge in [-0.1, -0.05) is 26.7 Å². The largest absolute Gasteiger partial charge is 0.476 e. The summed E-state index contributed by atoms with van der Waals surface area (Å²) >= 11 is 1.22. The van der Waals surface area contributed by atoms with Gasteiger partial charge in [-0.05, 0) is 18.8 Å². The van der Waals surface area contributed by atoms with Crippen LogP contribution in [0.15, 0.2) is 5.38 Å². The van der Waals surface area contributed by atoms with Gasteiger partial charge in [-0.25, -0.2) is 9.78 Å². The van der Waals surface area contributed by atoms with Gasteiger partial charge >= 0.3 is 5.97 Å². The van der Waals surface area contributed by atoms with Gasteiger partial charge in [0.1, 0.15) is 0 Å². The second kappa shape index (κ2) is 6.48. The zero-order valence-corrected chi connectivity index (χ0v) is 12.4. The second-order valence-electron chi connectivity index (χ2n) is 5.71. The second-order valence-corrected chi connectivity index (χ2v) is 6.57. The predicted octanol–water partition coefficient (Wildman–Crippen LogP) is 3.24. The Morgan fingerprint density at radius 3 is 2.74 bits per heavy atom. The van der Waals surface area contributed by atoms with Gasteiger partial charge in [0.05, 0.1) is 5.69 Å². The first-order valence-corrected chi connectivity index (χ1v) is 7.86. The number of hydrogen-bond acceptors (Lipinski definition) is 4. The van der Waals surface area contributed by atoms with Crippen molar-refractivity contribution in [2.75, 3.05) is 6.54 Å². The smallest absolute Gasteiger partial charge is 0.365 e. The number of nitrogens with zero attached hydrogens (tertiary/aromatic N) is 2. The third kappa shape index (κ3) is 4.01. The van der Waals surface area contributed by atoms with E-state index in [1.54, 1.807) is 0 Å². The number of rotatable bonds is 6. The van der Waals surface area contributed by atoms with Crippen molar-refractivity contribution in [1.29, 1.82) is 0 Å². The Bertz CT molecular complexity index is 425. The minimum absolute atomic E-state index is 0.200. The molecule has 4 nitrogen and oxygen atoms in total. The standard InChI is InChI=1S/C14H22N2O2S/c1-10(2)7-16(12-5-3-4-6-12)8-11-9-19-13(15-11)14(17)18/h9-10,12H,3-8H2,1-2H3,(H,17,18). The van der Waals surface area contributed by atoms with Crippen LogP contribution in [-0.4, -0.2) is 33.5 Å². The fourth-order valence-corrected chi connectivity index (χ4v) is 3.41. The molecular weight excluding hydrogens is 260 g/mol. The van der Waals surface area contributed by atoms with Gasteiger partial charge in [-0.15, -0.1) is 11.3 Å². The van der Waals surface area contributed by atoms with Crippen LogP contribution < -0.4 is 0 Å². The molecular formula is C14H22N2O2S.